The van der Waals surface area contributed by atoms with Crippen molar-refractivity contribution in [1.29, 1.82) is 0 Å². The van der Waals surface area contributed by atoms with Crippen LogP contribution in [-0.4, -0.2) is 51.0 Å². The number of likely N-dealkylation sites (tertiary alicyclic amines) is 1. The van der Waals surface area contributed by atoms with Crippen molar-refractivity contribution in [3.8, 4) is 11.3 Å². The number of halogens is 1. The van der Waals surface area contributed by atoms with Crippen molar-refractivity contribution < 1.29 is 9.59 Å². The van der Waals surface area contributed by atoms with Gasteiger partial charge in [0.1, 0.15) is 5.69 Å². The second-order valence-electron chi connectivity index (χ2n) is 8.55. The number of piperidine rings is 1. The minimum absolute atomic E-state index is 0.0126. The highest BCUT2D eigenvalue weighted by atomic mass is 35.5. The predicted octanol–water partition coefficient (Wildman–Crippen LogP) is 3.67. The van der Waals surface area contributed by atoms with Crippen LogP contribution in [0.2, 0.25) is 5.02 Å². The number of aromatic amines is 1. The Morgan fingerprint density at radius 3 is 2.60 bits per heavy atom. The van der Waals surface area contributed by atoms with Gasteiger partial charge < -0.3 is 10.2 Å². The average molecular weight is 430 g/mol. The van der Waals surface area contributed by atoms with E-state index in [0.717, 1.165) is 24.3 Å². The van der Waals surface area contributed by atoms with Gasteiger partial charge in [-0.15, -0.1) is 0 Å². The molecule has 1 aliphatic carbocycles. The molecule has 0 unspecified atom stereocenters. The van der Waals surface area contributed by atoms with E-state index in [4.69, 9.17) is 11.6 Å². The maximum absolute atomic E-state index is 12.9. The molecule has 1 aliphatic heterocycles. The zero-order valence-electron chi connectivity index (χ0n) is 17.2. The summed E-state index contributed by atoms with van der Waals surface area (Å²) in [5, 5.41) is 10.8. The topological polar surface area (TPSA) is 91.0 Å². The van der Waals surface area contributed by atoms with Gasteiger partial charge in [0.2, 0.25) is 5.91 Å². The van der Waals surface area contributed by atoms with Crippen molar-refractivity contribution in [1.82, 2.24) is 25.4 Å². The third-order valence-electron chi connectivity index (χ3n) is 6.37. The highest BCUT2D eigenvalue weighted by Gasteiger charge is 2.30. The van der Waals surface area contributed by atoms with Crippen molar-refractivity contribution in [2.24, 2.45) is 11.8 Å². The van der Waals surface area contributed by atoms with Crippen LogP contribution in [0.1, 0.15) is 55.9 Å². The van der Waals surface area contributed by atoms with E-state index in [1.165, 1.54) is 12.8 Å². The summed E-state index contributed by atoms with van der Waals surface area (Å²) in [6.07, 6.45) is 9.11. The number of H-pyrrole nitrogens is 1. The number of carbonyl (C=O) groups excluding carboxylic acids is 2. The maximum Gasteiger partial charge on any atom is 0.271 e. The van der Waals surface area contributed by atoms with Gasteiger partial charge in [-0.3, -0.25) is 19.7 Å². The number of amides is 2. The molecule has 30 heavy (non-hydrogen) atoms. The number of aromatic nitrogens is 3. The van der Waals surface area contributed by atoms with Crippen LogP contribution >= 0.6 is 11.6 Å². The minimum Gasteiger partial charge on any atom is -0.353 e. The van der Waals surface area contributed by atoms with Crippen molar-refractivity contribution in [2.75, 3.05) is 13.1 Å². The van der Waals surface area contributed by atoms with E-state index >= 15 is 0 Å². The quantitative estimate of drug-likeness (QED) is 0.775. The lowest BCUT2D eigenvalue weighted by Crippen LogP contribution is -2.46. The Hall–Kier alpha value is -2.41. The summed E-state index contributed by atoms with van der Waals surface area (Å²) >= 11 is 6.17. The molecule has 160 valence electrons. The summed E-state index contributed by atoms with van der Waals surface area (Å²) in [7, 11) is 0. The average Bonchev–Trinajstić information content (AvgIpc) is 3.25. The number of rotatable bonds is 4. The van der Waals surface area contributed by atoms with Gasteiger partial charge in [-0.05, 0) is 56.6 Å². The summed E-state index contributed by atoms with van der Waals surface area (Å²) in [4.78, 5) is 31.3. The molecule has 2 fully saturated rings. The first-order chi connectivity index (χ1) is 14.5. The lowest BCUT2D eigenvalue weighted by Gasteiger charge is -2.33. The van der Waals surface area contributed by atoms with Crippen LogP contribution in [0.4, 0.5) is 0 Å². The smallest absolute Gasteiger partial charge is 0.271 e. The second kappa shape index (κ2) is 9.16. The van der Waals surface area contributed by atoms with Crippen molar-refractivity contribution >= 4 is 23.4 Å². The van der Waals surface area contributed by atoms with Gasteiger partial charge in [-0.25, -0.2) is 0 Å². The zero-order chi connectivity index (χ0) is 21.1. The normalized spacial score (nSPS) is 22.7. The molecule has 7 nitrogen and oxygen atoms in total. The first-order valence-electron chi connectivity index (χ1n) is 10.8. The van der Waals surface area contributed by atoms with Crippen molar-refractivity contribution in [2.45, 2.75) is 51.5 Å². The van der Waals surface area contributed by atoms with Crippen molar-refractivity contribution in [3.05, 3.63) is 35.2 Å². The first-order valence-corrected chi connectivity index (χ1v) is 11.1. The van der Waals surface area contributed by atoms with E-state index in [1.807, 2.05) is 0 Å². The largest absolute Gasteiger partial charge is 0.353 e. The molecule has 2 aromatic rings. The van der Waals surface area contributed by atoms with Gasteiger partial charge in [0.05, 0.1) is 10.7 Å². The van der Waals surface area contributed by atoms with Crippen LogP contribution in [0.15, 0.2) is 24.5 Å². The van der Waals surface area contributed by atoms with E-state index in [1.54, 1.807) is 29.4 Å². The highest BCUT2D eigenvalue weighted by Crippen LogP contribution is 2.27. The predicted molar refractivity (Wildman–Crippen MR) is 115 cm³/mol. The van der Waals surface area contributed by atoms with Crippen LogP contribution in [0, 0.1) is 11.8 Å². The van der Waals surface area contributed by atoms with E-state index in [9.17, 15) is 9.59 Å². The molecule has 1 saturated carbocycles. The molecular weight excluding hydrogens is 402 g/mol. The van der Waals surface area contributed by atoms with Gasteiger partial charge in [-0.1, -0.05) is 18.5 Å². The Morgan fingerprint density at radius 1 is 1.17 bits per heavy atom. The fourth-order valence-electron chi connectivity index (χ4n) is 4.39. The second-order valence-corrected chi connectivity index (χ2v) is 8.96. The Bertz CT molecular complexity index is 898. The maximum atomic E-state index is 12.9. The van der Waals surface area contributed by atoms with Crippen LogP contribution in [0.25, 0.3) is 11.3 Å². The molecule has 0 radical (unpaired) electrons. The number of hydrogen-bond acceptors (Lipinski definition) is 4. The first kappa shape index (κ1) is 20.8. The molecule has 2 N–H and O–H groups in total. The molecule has 2 amide bonds. The SMILES string of the molecule is CC1CCC(NC(=O)C2CCN(C(=O)c3cc(-c4ccncc4Cl)n[nH]3)CC2)CC1. The lowest BCUT2D eigenvalue weighted by atomic mass is 9.86. The molecule has 0 aromatic carbocycles. The van der Waals surface area contributed by atoms with E-state index in [2.05, 4.69) is 27.4 Å². The minimum atomic E-state index is -0.0981. The third kappa shape index (κ3) is 4.67. The zero-order valence-corrected chi connectivity index (χ0v) is 18.0. The molecule has 3 heterocycles. The fourth-order valence-corrected chi connectivity index (χ4v) is 4.61. The summed E-state index contributed by atoms with van der Waals surface area (Å²) in [5.41, 5.74) is 1.77. The molecule has 1 saturated heterocycles. The summed E-state index contributed by atoms with van der Waals surface area (Å²) in [6.45, 7) is 3.42. The summed E-state index contributed by atoms with van der Waals surface area (Å²) in [5.74, 6) is 0.809. The van der Waals surface area contributed by atoms with Crippen LogP contribution in [-0.2, 0) is 4.79 Å². The monoisotopic (exact) mass is 429 g/mol. The van der Waals surface area contributed by atoms with Crippen LogP contribution in [0.3, 0.4) is 0 Å². The van der Waals surface area contributed by atoms with Crippen LogP contribution in [0.5, 0.6) is 0 Å². The molecule has 8 heteroatoms. The molecular formula is C22H28ClN5O2. The third-order valence-corrected chi connectivity index (χ3v) is 6.67. The molecule has 4 rings (SSSR count). The van der Waals surface area contributed by atoms with Crippen LogP contribution < -0.4 is 5.32 Å². The Morgan fingerprint density at radius 2 is 1.90 bits per heavy atom. The molecule has 0 bridgehead atoms. The van der Waals surface area contributed by atoms with Gasteiger partial charge in [0.15, 0.2) is 0 Å². The standard InChI is InChI=1S/C22H28ClN5O2/c1-14-2-4-16(5-3-14)25-21(29)15-7-10-28(11-8-15)22(30)20-12-19(26-27-20)17-6-9-24-13-18(17)23/h6,9,12-16H,2-5,7-8,10-11H2,1H3,(H,25,29)(H,26,27). The molecule has 2 aliphatic rings. The van der Waals surface area contributed by atoms with E-state index in [0.29, 0.717) is 48.4 Å². The number of pyridine rings is 1. The van der Waals surface area contributed by atoms with E-state index in [-0.39, 0.29) is 17.7 Å². The number of hydrogen-bond donors (Lipinski definition) is 2. The van der Waals surface area contributed by atoms with Gasteiger partial charge in [0.25, 0.3) is 5.91 Å². The highest BCUT2D eigenvalue weighted by molar-refractivity contribution is 6.33. The Balaban J connectivity index is 1.30. The van der Waals surface area contributed by atoms with E-state index < -0.39 is 0 Å². The number of nitrogens with zero attached hydrogens (tertiary/aromatic N) is 3. The summed E-state index contributed by atoms with van der Waals surface area (Å²) in [6, 6.07) is 3.80. The van der Waals surface area contributed by atoms with Crippen molar-refractivity contribution in [3.63, 3.8) is 0 Å². The Kier molecular flexibility index (Phi) is 6.37. The van der Waals surface area contributed by atoms with Gasteiger partial charge in [-0.2, -0.15) is 5.10 Å². The number of carbonyl (C=O) groups is 2. The molecule has 0 spiro atoms. The van der Waals surface area contributed by atoms with Gasteiger partial charge in [0, 0.05) is 43.0 Å². The fraction of sp³-hybridized carbons (Fsp3) is 0.545. The lowest BCUT2D eigenvalue weighted by molar-refractivity contribution is -0.127. The van der Waals surface area contributed by atoms with Gasteiger partial charge >= 0.3 is 0 Å². The summed E-state index contributed by atoms with van der Waals surface area (Å²) < 4.78 is 0. The molecule has 2 aromatic heterocycles. The molecule has 0 atom stereocenters. The Labute approximate surface area is 181 Å². The number of nitrogens with one attached hydrogen (secondary N) is 2.